The number of para-hydroxylation sites is 1. The second kappa shape index (κ2) is 6.46. The van der Waals surface area contributed by atoms with Crippen molar-refractivity contribution in [2.45, 2.75) is 38.5 Å². The van der Waals surface area contributed by atoms with E-state index in [1.54, 1.807) is 18.2 Å². The Morgan fingerprint density at radius 3 is 2.39 bits per heavy atom. The van der Waals surface area contributed by atoms with Gasteiger partial charge in [-0.25, -0.2) is 4.39 Å². The molecule has 0 bridgehead atoms. The van der Waals surface area contributed by atoms with Gasteiger partial charge in [0.05, 0.1) is 6.61 Å². The molecule has 1 aromatic carbocycles. The normalized spacial score (nSPS) is 19.2. The lowest BCUT2D eigenvalue weighted by Crippen LogP contribution is -2.30. The van der Waals surface area contributed by atoms with E-state index in [2.05, 4.69) is 12.6 Å². The summed E-state index contributed by atoms with van der Waals surface area (Å²) in [5.41, 5.74) is 0.127. The van der Waals surface area contributed by atoms with Crippen LogP contribution in [0.4, 0.5) is 4.39 Å². The monoisotopic (exact) mass is 268 g/mol. The maximum Gasteiger partial charge on any atom is 0.165 e. The van der Waals surface area contributed by atoms with Crippen LogP contribution in [0.3, 0.4) is 0 Å². The standard InChI is InChI=1S/C15H21FOS/c16-13-7-3-4-8-14(13)17-11-15(12-18)9-5-1-2-6-10-15/h3-4,7-8,18H,1-2,5-6,9-12H2. The molecule has 0 amide bonds. The number of benzene rings is 1. The topological polar surface area (TPSA) is 9.23 Å². The summed E-state index contributed by atoms with van der Waals surface area (Å²) in [6, 6.07) is 6.62. The van der Waals surface area contributed by atoms with Crippen molar-refractivity contribution >= 4 is 12.6 Å². The van der Waals surface area contributed by atoms with Gasteiger partial charge in [0.2, 0.25) is 0 Å². The Balaban J connectivity index is 2.00. The summed E-state index contributed by atoms with van der Waals surface area (Å²) in [4.78, 5) is 0. The van der Waals surface area contributed by atoms with Gasteiger partial charge in [0.15, 0.2) is 11.6 Å². The number of hydrogen-bond donors (Lipinski definition) is 1. The minimum atomic E-state index is -0.277. The van der Waals surface area contributed by atoms with Crippen LogP contribution in [0.5, 0.6) is 5.75 Å². The molecule has 3 heteroatoms. The smallest absolute Gasteiger partial charge is 0.165 e. The number of halogens is 1. The molecule has 1 fully saturated rings. The fraction of sp³-hybridized carbons (Fsp3) is 0.600. The first-order valence-corrected chi connectivity index (χ1v) is 7.37. The van der Waals surface area contributed by atoms with Gasteiger partial charge in [0.25, 0.3) is 0 Å². The van der Waals surface area contributed by atoms with Crippen LogP contribution in [-0.2, 0) is 0 Å². The van der Waals surface area contributed by atoms with E-state index in [0.29, 0.717) is 12.4 Å². The Bertz CT molecular complexity index is 373. The Morgan fingerprint density at radius 2 is 1.78 bits per heavy atom. The molecule has 0 aliphatic heterocycles. The SMILES string of the molecule is Fc1ccccc1OCC1(CS)CCCCCC1. The highest BCUT2D eigenvalue weighted by Gasteiger charge is 2.30. The van der Waals surface area contributed by atoms with Crippen LogP contribution >= 0.6 is 12.6 Å². The van der Waals surface area contributed by atoms with E-state index in [-0.39, 0.29) is 11.2 Å². The van der Waals surface area contributed by atoms with Crippen molar-refractivity contribution in [3.63, 3.8) is 0 Å². The molecule has 0 aromatic heterocycles. The second-order valence-electron chi connectivity index (χ2n) is 5.29. The highest BCUT2D eigenvalue weighted by atomic mass is 32.1. The first kappa shape index (κ1) is 13.7. The van der Waals surface area contributed by atoms with Crippen LogP contribution in [-0.4, -0.2) is 12.4 Å². The summed E-state index contributed by atoms with van der Waals surface area (Å²) in [6.07, 6.45) is 7.36. The van der Waals surface area contributed by atoms with Crippen molar-refractivity contribution in [1.82, 2.24) is 0 Å². The van der Waals surface area contributed by atoms with E-state index in [9.17, 15) is 4.39 Å². The molecular weight excluding hydrogens is 247 g/mol. The van der Waals surface area contributed by atoms with Crippen LogP contribution in [0.2, 0.25) is 0 Å². The average molecular weight is 268 g/mol. The van der Waals surface area contributed by atoms with Crippen LogP contribution in [0, 0.1) is 11.2 Å². The van der Waals surface area contributed by atoms with E-state index < -0.39 is 0 Å². The van der Waals surface area contributed by atoms with E-state index in [1.165, 1.54) is 31.7 Å². The summed E-state index contributed by atoms with van der Waals surface area (Å²) in [6.45, 7) is 0.581. The first-order chi connectivity index (χ1) is 8.76. The van der Waals surface area contributed by atoms with Gasteiger partial charge in [-0.2, -0.15) is 12.6 Å². The Morgan fingerprint density at radius 1 is 1.11 bits per heavy atom. The summed E-state index contributed by atoms with van der Waals surface area (Å²) >= 11 is 4.50. The minimum Gasteiger partial charge on any atom is -0.490 e. The third kappa shape index (κ3) is 3.41. The molecule has 0 saturated heterocycles. The molecule has 1 aliphatic rings. The van der Waals surface area contributed by atoms with Crippen molar-refractivity contribution in [2.75, 3.05) is 12.4 Å². The van der Waals surface area contributed by atoms with Gasteiger partial charge in [0.1, 0.15) is 0 Å². The lowest BCUT2D eigenvalue weighted by Gasteiger charge is -2.30. The molecule has 1 aromatic rings. The van der Waals surface area contributed by atoms with Crippen molar-refractivity contribution in [3.05, 3.63) is 30.1 Å². The summed E-state index contributed by atoms with van der Waals surface area (Å²) < 4.78 is 19.2. The summed E-state index contributed by atoms with van der Waals surface area (Å²) in [5.74, 6) is 0.907. The van der Waals surface area contributed by atoms with Gasteiger partial charge in [-0.05, 0) is 30.7 Å². The molecule has 1 aliphatic carbocycles. The molecule has 0 spiro atoms. The zero-order valence-corrected chi connectivity index (χ0v) is 11.6. The van der Waals surface area contributed by atoms with Crippen LogP contribution in [0.25, 0.3) is 0 Å². The molecule has 0 radical (unpaired) electrons. The molecule has 0 N–H and O–H groups in total. The van der Waals surface area contributed by atoms with E-state index in [1.807, 2.05) is 0 Å². The highest BCUT2D eigenvalue weighted by Crippen LogP contribution is 2.36. The van der Waals surface area contributed by atoms with Gasteiger partial charge < -0.3 is 4.74 Å². The van der Waals surface area contributed by atoms with E-state index in [0.717, 1.165) is 18.6 Å². The van der Waals surface area contributed by atoms with Crippen molar-refractivity contribution in [2.24, 2.45) is 5.41 Å². The summed E-state index contributed by atoms with van der Waals surface area (Å²) in [5, 5.41) is 0. The van der Waals surface area contributed by atoms with Gasteiger partial charge in [-0.3, -0.25) is 0 Å². The molecule has 100 valence electrons. The van der Waals surface area contributed by atoms with Crippen molar-refractivity contribution < 1.29 is 9.13 Å². The first-order valence-electron chi connectivity index (χ1n) is 6.74. The minimum absolute atomic E-state index is 0.127. The van der Waals surface area contributed by atoms with E-state index in [4.69, 9.17) is 4.74 Å². The Kier molecular flexibility index (Phi) is 4.93. The second-order valence-corrected chi connectivity index (χ2v) is 5.61. The molecule has 0 atom stereocenters. The van der Waals surface area contributed by atoms with Crippen molar-refractivity contribution in [1.29, 1.82) is 0 Å². The summed E-state index contributed by atoms with van der Waals surface area (Å²) in [7, 11) is 0. The Hall–Kier alpha value is -0.700. The third-order valence-electron chi connectivity index (χ3n) is 3.87. The van der Waals surface area contributed by atoms with Crippen molar-refractivity contribution in [3.8, 4) is 5.75 Å². The number of rotatable bonds is 4. The lowest BCUT2D eigenvalue weighted by molar-refractivity contribution is 0.144. The predicted molar refractivity (Wildman–Crippen MR) is 75.9 cm³/mol. The Labute approximate surface area is 114 Å². The van der Waals surface area contributed by atoms with Crippen LogP contribution in [0.15, 0.2) is 24.3 Å². The molecule has 2 rings (SSSR count). The van der Waals surface area contributed by atoms with Gasteiger partial charge >= 0.3 is 0 Å². The van der Waals surface area contributed by atoms with Gasteiger partial charge in [0, 0.05) is 5.41 Å². The number of hydrogen-bond acceptors (Lipinski definition) is 2. The zero-order chi connectivity index (χ0) is 12.8. The maximum atomic E-state index is 13.5. The zero-order valence-electron chi connectivity index (χ0n) is 10.7. The van der Waals surface area contributed by atoms with Gasteiger partial charge in [-0.1, -0.05) is 37.8 Å². The third-order valence-corrected chi connectivity index (χ3v) is 4.54. The maximum absolute atomic E-state index is 13.5. The van der Waals surface area contributed by atoms with Gasteiger partial charge in [-0.15, -0.1) is 0 Å². The largest absolute Gasteiger partial charge is 0.490 e. The molecule has 0 unspecified atom stereocenters. The lowest BCUT2D eigenvalue weighted by atomic mass is 9.83. The number of thiol groups is 1. The molecule has 1 saturated carbocycles. The number of ether oxygens (including phenoxy) is 1. The van der Waals surface area contributed by atoms with E-state index >= 15 is 0 Å². The molecule has 18 heavy (non-hydrogen) atoms. The quantitative estimate of drug-likeness (QED) is 0.626. The fourth-order valence-electron chi connectivity index (χ4n) is 2.62. The van der Waals surface area contributed by atoms with Crippen LogP contribution in [0.1, 0.15) is 38.5 Å². The predicted octanol–water partition coefficient (Wildman–Crippen LogP) is 4.47. The average Bonchev–Trinajstić information content (AvgIpc) is 2.64. The molecule has 0 heterocycles. The fourth-order valence-corrected chi connectivity index (χ4v) is 3.03. The van der Waals surface area contributed by atoms with Crippen LogP contribution < -0.4 is 4.74 Å². The molecule has 1 nitrogen and oxygen atoms in total. The molecular formula is C15H21FOS. The highest BCUT2D eigenvalue weighted by molar-refractivity contribution is 7.80.